The van der Waals surface area contributed by atoms with Gasteiger partial charge in [-0.15, -0.1) is 0 Å². The number of rotatable bonds is 1. The highest BCUT2D eigenvalue weighted by Gasteiger charge is 2.07. The molecule has 0 bridgehead atoms. The van der Waals surface area contributed by atoms with Crippen LogP contribution in [0.4, 0.5) is 0 Å². The number of hydrogen-bond donors (Lipinski definition) is 0. The fourth-order valence-electron chi connectivity index (χ4n) is 2.75. The Morgan fingerprint density at radius 3 is 2.35 bits per heavy atom. The number of benzene rings is 3. The second-order valence-electron chi connectivity index (χ2n) is 5.00. The summed E-state index contributed by atoms with van der Waals surface area (Å²) >= 11 is 0. The molecule has 0 aliphatic heterocycles. The minimum absolute atomic E-state index is 1.16. The smallest absolute Gasteiger partial charge is 0.210 e. The molecule has 94 valence electrons. The van der Waals surface area contributed by atoms with Crippen LogP contribution in [-0.2, 0) is 0 Å². The van der Waals surface area contributed by atoms with Crippen molar-refractivity contribution in [2.75, 3.05) is 0 Å². The number of para-hydroxylation sites is 1. The van der Waals surface area contributed by atoms with Crippen molar-refractivity contribution in [3.8, 4) is 11.1 Å². The molecule has 1 nitrogen and oxygen atoms in total. The zero-order valence-corrected chi connectivity index (χ0v) is 11.0. The topological polar surface area (TPSA) is 14.1 Å². The van der Waals surface area contributed by atoms with Gasteiger partial charge in [-0.25, -0.2) is 4.98 Å². The van der Waals surface area contributed by atoms with Gasteiger partial charge < -0.3 is 0 Å². The second kappa shape index (κ2) is 4.46. The molecule has 0 fully saturated rings. The quantitative estimate of drug-likeness (QED) is 0.477. The highest BCUT2D eigenvalue weighted by atomic mass is 14.6. The molecule has 0 spiro atoms. The average molecular weight is 256 g/mol. The first-order valence-electron chi connectivity index (χ1n) is 6.80. The molecule has 4 aromatic rings. The Morgan fingerprint density at radius 2 is 1.40 bits per heavy atom. The molecule has 4 rings (SSSR count). The van der Waals surface area contributed by atoms with Crippen molar-refractivity contribution in [3.63, 3.8) is 0 Å². The maximum atomic E-state index is 3.38. The molecule has 0 unspecified atom stereocenters. The van der Waals surface area contributed by atoms with Crippen LogP contribution in [0.3, 0.4) is 0 Å². The van der Waals surface area contributed by atoms with Crippen LogP contribution in [0.1, 0.15) is 0 Å². The average Bonchev–Trinajstić information content (AvgIpc) is 2.54. The maximum absolute atomic E-state index is 3.38. The molecular formula is C19H14N+. The summed E-state index contributed by atoms with van der Waals surface area (Å²) in [6, 6.07) is 25.6. The summed E-state index contributed by atoms with van der Waals surface area (Å²) in [4.78, 5) is 3.38. The van der Waals surface area contributed by atoms with Crippen molar-refractivity contribution >= 4 is 21.7 Å². The summed E-state index contributed by atoms with van der Waals surface area (Å²) < 4.78 is 0. The molecule has 0 atom stereocenters. The molecule has 0 amide bonds. The number of aromatic nitrogens is 1. The lowest BCUT2D eigenvalue weighted by atomic mass is 9.98. The van der Waals surface area contributed by atoms with Crippen molar-refractivity contribution in [2.24, 2.45) is 0 Å². The van der Waals surface area contributed by atoms with Crippen LogP contribution in [0.2, 0.25) is 0 Å². The van der Waals surface area contributed by atoms with E-state index in [4.69, 9.17) is 0 Å². The van der Waals surface area contributed by atoms with E-state index >= 15 is 0 Å². The zero-order chi connectivity index (χ0) is 13.4. The molecular weight excluding hydrogens is 242 g/mol. The van der Waals surface area contributed by atoms with E-state index in [1.165, 1.54) is 27.3 Å². The van der Waals surface area contributed by atoms with Gasteiger partial charge in [0.25, 0.3) is 0 Å². The van der Waals surface area contributed by atoms with Crippen LogP contribution < -0.4 is 4.98 Å². The minimum atomic E-state index is 1.16. The normalized spacial score (nSPS) is 11.0. The number of hydrogen-bond acceptors (Lipinski definition) is 0. The number of fused-ring (bicyclic) bond motifs is 2. The van der Waals surface area contributed by atoms with E-state index in [1.807, 2.05) is 0 Å². The van der Waals surface area contributed by atoms with Crippen LogP contribution in [0.25, 0.3) is 32.8 Å². The first-order valence-corrected chi connectivity index (χ1v) is 6.80. The van der Waals surface area contributed by atoms with Gasteiger partial charge in [0.1, 0.15) is 0 Å². The van der Waals surface area contributed by atoms with E-state index < -0.39 is 0 Å². The molecule has 1 N–H and O–H groups in total. The lowest BCUT2D eigenvalue weighted by Gasteiger charge is -2.05. The predicted molar refractivity (Wildman–Crippen MR) is 83.4 cm³/mol. The van der Waals surface area contributed by atoms with E-state index in [2.05, 4.69) is 84.0 Å². The number of aromatic amines is 1. The molecule has 0 aliphatic carbocycles. The van der Waals surface area contributed by atoms with Crippen molar-refractivity contribution in [3.05, 3.63) is 79.0 Å². The van der Waals surface area contributed by atoms with Crippen LogP contribution in [-0.4, -0.2) is 0 Å². The lowest BCUT2D eigenvalue weighted by molar-refractivity contribution is -0.343. The van der Waals surface area contributed by atoms with Gasteiger partial charge in [0.05, 0.1) is 0 Å². The third-order valence-corrected chi connectivity index (χ3v) is 3.76. The molecule has 1 aromatic heterocycles. The molecule has 0 radical (unpaired) electrons. The largest absolute Gasteiger partial charge is 0.211 e. The Bertz CT molecular complexity index is 904. The summed E-state index contributed by atoms with van der Waals surface area (Å²) in [6.45, 7) is 0. The van der Waals surface area contributed by atoms with Gasteiger partial charge >= 0.3 is 0 Å². The van der Waals surface area contributed by atoms with Gasteiger partial charge in [0.15, 0.2) is 6.20 Å². The Balaban J connectivity index is 2.01. The van der Waals surface area contributed by atoms with Gasteiger partial charge in [0, 0.05) is 17.0 Å². The van der Waals surface area contributed by atoms with E-state index in [9.17, 15) is 0 Å². The second-order valence-corrected chi connectivity index (χ2v) is 5.00. The monoisotopic (exact) mass is 256 g/mol. The summed E-state index contributed by atoms with van der Waals surface area (Å²) in [5.74, 6) is 0. The molecule has 0 saturated carbocycles. The summed E-state index contributed by atoms with van der Waals surface area (Å²) in [5.41, 5.74) is 3.65. The zero-order valence-electron chi connectivity index (χ0n) is 11.0. The standard InChI is InChI=1S/C19H13N/c1-3-9-17-14(6-1)8-5-10-18(17)16-12-15-7-2-4-11-19(15)20-13-16/h1-13H/p+1. The summed E-state index contributed by atoms with van der Waals surface area (Å²) in [6.07, 6.45) is 2.09. The fourth-order valence-corrected chi connectivity index (χ4v) is 2.75. The molecule has 3 aromatic carbocycles. The third-order valence-electron chi connectivity index (χ3n) is 3.76. The number of H-pyrrole nitrogens is 1. The van der Waals surface area contributed by atoms with Gasteiger partial charge in [-0.2, -0.15) is 0 Å². The Morgan fingerprint density at radius 1 is 0.650 bits per heavy atom. The van der Waals surface area contributed by atoms with Crippen molar-refractivity contribution in [1.29, 1.82) is 0 Å². The number of pyridine rings is 1. The van der Waals surface area contributed by atoms with Crippen LogP contribution in [0.15, 0.2) is 79.0 Å². The molecule has 0 saturated heterocycles. The Hall–Kier alpha value is -2.67. The van der Waals surface area contributed by atoms with E-state index in [0.29, 0.717) is 0 Å². The molecule has 1 heterocycles. The van der Waals surface area contributed by atoms with Gasteiger partial charge in [0.2, 0.25) is 5.52 Å². The van der Waals surface area contributed by atoms with E-state index in [1.54, 1.807) is 0 Å². The van der Waals surface area contributed by atoms with Gasteiger partial charge in [-0.05, 0) is 28.5 Å². The summed E-state index contributed by atoms with van der Waals surface area (Å²) in [7, 11) is 0. The Kier molecular flexibility index (Phi) is 2.49. The fraction of sp³-hybridized carbons (Fsp3) is 0. The SMILES string of the molecule is c1ccc2[nH+]cc(-c3cccc4ccccc34)cc2c1. The van der Waals surface area contributed by atoms with Crippen molar-refractivity contribution in [2.45, 2.75) is 0 Å². The highest BCUT2D eigenvalue weighted by molar-refractivity contribution is 5.97. The van der Waals surface area contributed by atoms with Crippen molar-refractivity contribution < 1.29 is 4.98 Å². The van der Waals surface area contributed by atoms with Crippen LogP contribution in [0.5, 0.6) is 0 Å². The molecule has 0 aliphatic rings. The first-order chi connectivity index (χ1) is 9.92. The number of nitrogens with one attached hydrogen (secondary N) is 1. The van der Waals surface area contributed by atoms with Crippen LogP contribution in [0, 0.1) is 0 Å². The minimum Gasteiger partial charge on any atom is -0.211 e. The van der Waals surface area contributed by atoms with Gasteiger partial charge in [-0.3, -0.25) is 0 Å². The maximum Gasteiger partial charge on any atom is 0.210 e. The Labute approximate surface area is 117 Å². The predicted octanol–water partition coefficient (Wildman–Crippen LogP) is 4.47. The van der Waals surface area contributed by atoms with Crippen molar-refractivity contribution in [1.82, 2.24) is 0 Å². The first kappa shape index (κ1) is 11.2. The van der Waals surface area contributed by atoms with E-state index in [-0.39, 0.29) is 0 Å². The highest BCUT2D eigenvalue weighted by Crippen LogP contribution is 2.28. The van der Waals surface area contributed by atoms with E-state index in [0.717, 1.165) is 5.52 Å². The summed E-state index contributed by atoms with van der Waals surface area (Å²) in [5, 5.41) is 3.80. The third kappa shape index (κ3) is 1.76. The lowest BCUT2D eigenvalue weighted by Crippen LogP contribution is -2.02. The molecule has 1 heteroatoms. The molecule has 20 heavy (non-hydrogen) atoms. The van der Waals surface area contributed by atoms with Gasteiger partial charge in [-0.1, -0.05) is 54.6 Å². The van der Waals surface area contributed by atoms with Crippen LogP contribution >= 0.6 is 0 Å².